The lowest BCUT2D eigenvalue weighted by Gasteiger charge is -2.14. The Morgan fingerprint density at radius 1 is 0.833 bits per heavy atom. The molecule has 0 aliphatic heterocycles. The van der Waals surface area contributed by atoms with Crippen LogP contribution < -0.4 is 0 Å². The maximum Gasteiger partial charge on any atom is 0.416 e. The van der Waals surface area contributed by atoms with Crippen LogP contribution in [0.25, 0.3) is 0 Å². The van der Waals surface area contributed by atoms with E-state index < -0.39 is 11.7 Å². The topological polar surface area (TPSA) is 0 Å². The molecule has 0 aliphatic rings. The smallest absolute Gasteiger partial charge is 0.166 e. The summed E-state index contributed by atoms with van der Waals surface area (Å²) in [7, 11) is 0. The van der Waals surface area contributed by atoms with E-state index in [9.17, 15) is 13.2 Å². The van der Waals surface area contributed by atoms with E-state index in [4.69, 9.17) is 0 Å². The van der Waals surface area contributed by atoms with Crippen LogP contribution >= 0.6 is 0 Å². The van der Waals surface area contributed by atoms with Crippen molar-refractivity contribution in [3.8, 4) is 0 Å². The van der Waals surface area contributed by atoms with Gasteiger partial charge < -0.3 is 0 Å². The zero-order chi connectivity index (χ0) is 13.2. The number of halogens is 3. The van der Waals surface area contributed by atoms with Crippen molar-refractivity contribution in [2.45, 2.75) is 19.0 Å². The normalized spacial score (nSPS) is 13.3. The van der Waals surface area contributed by atoms with Crippen molar-refractivity contribution in [1.82, 2.24) is 0 Å². The average Bonchev–Trinajstić information content (AvgIpc) is 2.38. The predicted molar refractivity (Wildman–Crippen MR) is 65.4 cm³/mol. The maximum absolute atomic E-state index is 12.6. The fourth-order valence-corrected chi connectivity index (χ4v) is 1.92. The molecule has 0 radical (unpaired) electrons. The Labute approximate surface area is 104 Å². The van der Waals surface area contributed by atoms with Gasteiger partial charge in [-0.3, -0.25) is 0 Å². The molecule has 0 amide bonds. The first kappa shape index (κ1) is 12.7. The first-order valence-corrected chi connectivity index (χ1v) is 5.70. The van der Waals surface area contributed by atoms with Gasteiger partial charge in [0.25, 0.3) is 0 Å². The second-order valence-corrected chi connectivity index (χ2v) is 4.26. The molecule has 1 unspecified atom stereocenters. The number of rotatable bonds is 2. The zero-order valence-electron chi connectivity index (χ0n) is 9.91. The summed E-state index contributed by atoms with van der Waals surface area (Å²) in [5.41, 5.74) is 1.09. The van der Waals surface area contributed by atoms with E-state index >= 15 is 0 Å². The summed E-state index contributed by atoms with van der Waals surface area (Å²) in [4.78, 5) is 0. The second-order valence-electron chi connectivity index (χ2n) is 4.26. The van der Waals surface area contributed by atoms with Crippen LogP contribution in [0.1, 0.15) is 29.5 Å². The van der Waals surface area contributed by atoms with Crippen molar-refractivity contribution in [1.29, 1.82) is 0 Å². The largest absolute Gasteiger partial charge is 0.416 e. The van der Waals surface area contributed by atoms with Crippen LogP contribution in [0.4, 0.5) is 13.2 Å². The second kappa shape index (κ2) is 4.84. The van der Waals surface area contributed by atoms with E-state index in [0.717, 1.165) is 11.6 Å². The molecule has 0 nitrogen and oxygen atoms in total. The van der Waals surface area contributed by atoms with E-state index in [1.165, 1.54) is 12.1 Å². The van der Waals surface area contributed by atoms with Gasteiger partial charge in [-0.15, -0.1) is 0 Å². The van der Waals surface area contributed by atoms with Crippen LogP contribution in [0.3, 0.4) is 0 Å². The summed E-state index contributed by atoms with van der Waals surface area (Å²) in [5, 5.41) is 0. The highest BCUT2D eigenvalue weighted by Crippen LogP contribution is 2.32. The predicted octanol–water partition coefficient (Wildman–Crippen LogP) is 4.86. The minimum atomic E-state index is -4.29. The Morgan fingerprint density at radius 3 is 2.06 bits per heavy atom. The van der Waals surface area contributed by atoms with Gasteiger partial charge in [0.2, 0.25) is 0 Å². The molecular weight excluding hydrogens is 237 g/mol. The van der Waals surface area contributed by atoms with E-state index in [0.29, 0.717) is 5.56 Å². The summed E-state index contributed by atoms with van der Waals surface area (Å²) in [6, 6.07) is 15.0. The van der Waals surface area contributed by atoms with Gasteiger partial charge in [-0.05, 0) is 17.2 Å². The van der Waals surface area contributed by atoms with E-state index in [1.54, 1.807) is 6.07 Å². The lowest BCUT2D eigenvalue weighted by Crippen LogP contribution is -2.06. The van der Waals surface area contributed by atoms with Gasteiger partial charge in [0.05, 0.1) is 5.56 Å². The molecule has 0 spiro atoms. The lowest BCUT2D eigenvalue weighted by atomic mass is 9.92. The van der Waals surface area contributed by atoms with Gasteiger partial charge in [-0.2, -0.15) is 13.2 Å². The summed E-state index contributed by atoms with van der Waals surface area (Å²) >= 11 is 0. The number of hydrogen-bond donors (Lipinski definition) is 0. The molecule has 0 fully saturated rings. The van der Waals surface area contributed by atoms with Gasteiger partial charge in [-0.1, -0.05) is 55.5 Å². The van der Waals surface area contributed by atoms with Gasteiger partial charge in [0, 0.05) is 5.92 Å². The molecule has 0 saturated heterocycles. The molecule has 3 heteroatoms. The summed E-state index contributed by atoms with van der Waals surface area (Å²) in [6.45, 7) is 1.91. The molecule has 18 heavy (non-hydrogen) atoms. The fraction of sp³-hybridized carbons (Fsp3) is 0.200. The zero-order valence-corrected chi connectivity index (χ0v) is 9.91. The molecule has 94 valence electrons. The van der Waals surface area contributed by atoms with E-state index in [1.807, 2.05) is 37.3 Å². The monoisotopic (exact) mass is 250 g/mol. The van der Waals surface area contributed by atoms with E-state index in [2.05, 4.69) is 0 Å². The quantitative estimate of drug-likeness (QED) is 0.714. The van der Waals surface area contributed by atoms with Crippen LogP contribution in [-0.2, 0) is 6.18 Å². The van der Waals surface area contributed by atoms with Crippen LogP contribution in [-0.4, -0.2) is 0 Å². The van der Waals surface area contributed by atoms with Crippen LogP contribution in [0.2, 0.25) is 0 Å². The number of benzene rings is 2. The minimum Gasteiger partial charge on any atom is -0.166 e. The first-order chi connectivity index (χ1) is 8.48. The van der Waals surface area contributed by atoms with Crippen molar-refractivity contribution < 1.29 is 13.2 Å². The molecule has 2 aromatic carbocycles. The molecule has 1 atom stereocenters. The molecule has 0 bridgehead atoms. The molecule has 2 rings (SSSR count). The number of hydrogen-bond acceptors (Lipinski definition) is 0. The van der Waals surface area contributed by atoms with Gasteiger partial charge in [0.1, 0.15) is 0 Å². The summed E-state index contributed by atoms with van der Waals surface area (Å²) in [5.74, 6) is -0.0477. The van der Waals surface area contributed by atoms with Crippen molar-refractivity contribution >= 4 is 0 Å². The van der Waals surface area contributed by atoms with Crippen molar-refractivity contribution in [3.63, 3.8) is 0 Å². The van der Waals surface area contributed by atoms with Crippen molar-refractivity contribution in [2.75, 3.05) is 0 Å². The van der Waals surface area contributed by atoms with Crippen LogP contribution in [0.5, 0.6) is 0 Å². The molecule has 0 heterocycles. The highest BCUT2D eigenvalue weighted by Gasteiger charge is 2.30. The Morgan fingerprint density at radius 2 is 1.44 bits per heavy atom. The Balaban J connectivity index is 2.35. The highest BCUT2D eigenvalue weighted by atomic mass is 19.4. The molecule has 0 saturated carbocycles. The molecule has 0 aliphatic carbocycles. The fourth-order valence-electron chi connectivity index (χ4n) is 1.92. The van der Waals surface area contributed by atoms with Crippen molar-refractivity contribution in [3.05, 3.63) is 71.3 Å². The SMILES string of the molecule is CC(c1ccccc1)c1cccc(C(F)(F)F)c1. The first-order valence-electron chi connectivity index (χ1n) is 5.70. The third kappa shape index (κ3) is 2.73. The minimum absolute atomic E-state index is 0.0477. The molecule has 0 aromatic heterocycles. The lowest BCUT2D eigenvalue weighted by molar-refractivity contribution is -0.137. The number of alkyl halides is 3. The summed E-state index contributed by atoms with van der Waals surface area (Å²) < 4.78 is 37.9. The van der Waals surface area contributed by atoms with Crippen LogP contribution in [0.15, 0.2) is 54.6 Å². The van der Waals surface area contributed by atoms with Gasteiger partial charge in [-0.25, -0.2) is 0 Å². The third-order valence-electron chi connectivity index (χ3n) is 3.01. The Kier molecular flexibility index (Phi) is 3.41. The maximum atomic E-state index is 12.6. The molecule has 2 aromatic rings. The van der Waals surface area contributed by atoms with Crippen molar-refractivity contribution in [2.24, 2.45) is 0 Å². The molecular formula is C15H13F3. The van der Waals surface area contributed by atoms with E-state index in [-0.39, 0.29) is 5.92 Å². The standard InChI is InChI=1S/C15H13F3/c1-11(12-6-3-2-4-7-12)13-8-5-9-14(10-13)15(16,17)18/h2-11H,1H3. The Hall–Kier alpha value is -1.77. The third-order valence-corrected chi connectivity index (χ3v) is 3.01. The average molecular weight is 250 g/mol. The molecule has 0 N–H and O–H groups in total. The van der Waals surface area contributed by atoms with Gasteiger partial charge >= 0.3 is 6.18 Å². The van der Waals surface area contributed by atoms with Gasteiger partial charge in [0.15, 0.2) is 0 Å². The highest BCUT2D eigenvalue weighted by molar-refractivity contribution is 5.34. The Bertz CT molecular complexity index is 515. The summed E-state index contributed by atoms with van der Waals surface area (Å²) in [6.07, 6.45) is -4.29. The van der Waals surface area contributed by atoms with Crippen LogP contribution in [0, 0.1) is 0 Å².